The number of nitrogens with two attached hydrogens (primary N) is 1. The van der Waals surface area contributed by atoms with Gasteiger partial charge in [0.15, 0.2) is 0 Å². The molecule has 0 aromatic heterocycles. The molecule has 3 atom stereocenters. The third-order valence-electron chi connectivity index (χ3n) is 7.66. The van der Waals surface area contributed by atoms with Gasteiger partial charge in [-0.25, -0.2) is 0 Å². The van der Waals surface area contributed by atoms with Gasteiger partial charge in [0.1, 0.15) is 0 Å². The van der Waals surface area contributed by atoms with Crippen LogP contribution in [0, 0.1) is 6.92 Å². The first kappa shape index (κ1) is 20.6. The summed E-state index contributed by atoms with van der Waals surface area (Å²) >= 11 is 0. The quantitative estimate of drug-likeness (QED) is 0.845. The lowest BCUT2D eigenvalue weighted by Crippen LogP contribution is -2.62. The van der Waals surface area contributed by atoms with Crippen molar-refractivity contribution in [2.24, 2.45) is 5.73 Å². The fourth-order valence-electron chi connectivity index (χ4n) is 5.21. The number of amides is 1. The van der Waals surface area contributed by atoms with Crippen LogP contribution in [-0.2, 0) is 17.3 Å². The molecule has 0 spiro atoms. The van der Waals surface area contributed by atoms with Crippen LogP contribution in [0.5, 0.6) is 0 Å². The molecule has 3 nitrogen and oxygen atoms in total. The Kier molecular flexibility index (Phi) is 5.42. The number of rotatable bonds is 4. The van der Waals surface area contributed by atoms with Crippen LogP contribution < -0.4 is 5.73 Å². The van der Waals surface area contributed by atoms with E-state index in [2.05, 4.69) is 70.8 Å². The van der Waals surface area contributed by atoms with Gasteiger partial charge in [-0.2, -0.15) is 0 Å². The molecule has 28 heavy (non-hydrogen) atoms. The molecule has 0 bridgehead atoms. The zero-order valence-electron chi connectivity index (χ0n) is 18.2. The molecule has 0 aliphatic carbocycles. The van der Waals surface area contributed by atoms with Crippen LogP contribution in [0.3, 0.4) is 0 Å². The van der Waals surface area contributed by atoms with Crippen molar-refractivity contribution >= 4 is 5.91 Å². The number of benzene rings is 2. The minimum Gasteiger partial charge on any atom is -0.366 e. The average Bonchev–Trinajstić information content (AvgIpc) is 2.69. The standard InChI is InChI=1S/C25H34N2O/c1-7-19-12-11-17(2)22(15-19)24(4)13-14-27(6)18(3)25(24,5)21-10-8-9-20(16-21)23(26)28/h8-12,15-16,18H,7,13-14H2,1-6H3,(H2,26,28)/t18?,24-,25+/m1/s1. The first-order valence-electron chi connectivity index (χ1n) is 10.4. The summed E-state index contributed by atoms with van der Waals surface area (Å²) in [4.78, 5) is 14.3. The number of piperidine rings is 1. The van der Waals surface area contributed by atoms with Crippen LogP contribution in [0.1, 0.15) is 66.7 Å². The van der Waals surface area contributed by atoms with E-state index in [4.69, 9.17) is 5.73 Å². The Morgan fingerprint density at radius 2 is 1.93 bits per heavy atom. The zero-order valence-corrected chi connectivity index (χ0v) is 18.2. The average molecular weight is 379 g/mol. The van der Waals surface area contributed by atoms with Gasteiger partial charge in [0, 0.05) is 22.4 Å². The molecule has 1 aliphatic heterocycles. The summed E-state index contributed by atoms with van der Waals surface area (Å²) in [6.45, 7) is 12.6. The largest absolute Gasteiger partial charge is 0.366 e. The summed E-state index contributed by atoms with van der Waals surface area (Å²) in [6, 6.07) is 15.2. The van der Waals surface area contributed by atoms with E-state index in [0.29, 0.717) is 11.6 Å². The molecule has 1 fully saturated rings. The molecule has 1 heterocycles. The van der Waals surface area contributed by atoms with Crippen LogP contribution in [0.2, 0.25) is 0 Å². The minimum absolute atomic E-state index is 0.0511. The number of hydrogen-bond acceptors (Lipinski definition) is 2. The number of primary amides is 1. The highest BCUT2D eigenvalue weighted by atomic mass is 16.1. The normalized spacial score (nSPS) is 28.3. The van der Waals surface area contributed by atoms with Gasteiger partial charge in [0.25, 0.3) is 0 Å². The minimum atomic E-state index is -0.367. The highest BCUT2D eigenvalue weighted by molar-refractivity contribution is 5.93. The van der Waals surface area contributed by atoms with Crippen molar-refractivity contribution in [1.82, 2.24) is 4.90 Å². The van der Waals surface area contributed by atoms with Crippen molar-refractivity contribution in [3.8, 4) is 0 Å². The lowest BCUT2D eigenvalue weighted by Gasteiger charge is -2.58. The fraction of sp³-hybridized carbons (Fsp3) is 0.480. The molecule has 1 amide bonds. The Morgan fingerprint density at radius 3 is 2.57 bits per heavy atom. The highest BCUT2D eigenvalue weighted by Gasteiger charge is 2.54. The predicted octanol–water partition coefficient (Wildman–Crippen LogP) is 4.60. The van der Waals surface area contributed by atoms with Crippen molar-refractivity contribution in [1.29, 1.82) is 0 Å². The Labute approximate surface area is 169 Å². The molecule has 2 N–H and O–H groups in total. The predicted molar refractivity (Wildman–Crippen MR) is 117 cm³/mol. The SMILES string of the molecule is CCc1ccc(C)c([C@@]2(C)CCN(C)C(C)[C@@]2(C)c2cccc(C(N)=O)c2)c1. The molecule has 0 radical (unpaired) electrons. The van der Waals surface area contributed by atoms with E-state index < -0.39 is 0 Å². The molecule has 0 saturated carbocycles. The lowest BCUT2D eigenvalue weighted by molar-refractivity contribution is 0.0410. The molecule has 3 rings (SSSR count). The molecule has 1 saturated heterocycles. The van der Waals surface area contributed by atoms with Gasteiger partial charge in [-0.3, -0.25) is 4.79 Å². The Bertz CT molecular complexity index is 890. The highest BCUT2D eigenvalue weighted by Crippen LogP contribution is 2.53. The molecule has 2 aromatic rings. The van der Waals surface area contributed by atoms with E-state index >= 15 is 0 Å². The third kappa shape index (κ3) is 3.06. The number of likely N-dealkylation sites (N-methyl/N-ethyl adjacent to an activating group) is 1. The van der Waals surface area contributed by atoms with Gasteiger partial charge in [-0.05, 0) is 74.7 Å². The van der Waals surface area contributed by atoms with Crippen molar-refractivity contribution in [2.45, 2.75) is 64.3 Å². The molecular formula is C25H34N2O. The summed E-state index contributed by atoms with van der Waals surface area (Å²) in [7, 11) is 2.20. The van der Waals surface area contributed by atoms with E-state index in [0.717, 1.165) is 19.4 Å². The van der Waals surface area contributed by atoms with Crippen LogP contribution >= 0.6 is 0 Å². The topological polar surface area (TPSA) is 46.3 Å². The first-order chi connectivity index (χ1) is 13.1. The van der Waals surface area contributed by atoms with Gasteiger partial charge in [-0.15, -0.1) is 0 Å². The fourth-order valence-corrected chi connectivity index (χ4v) is 5.21. The van der Waals surface area contributed by atoms with E-state index in [1.54, 1.807) is 0 Å². The molecule has 3 heteroatoms. The lowest BCUT2D eigenvalue weighted by atomic mass is 9.52. The van der Waals surface area contributed by atoms with Crippen LogP contribution in [0.4, 0.5) is 0 Å². The van der Waals surface area contributed by atoms with Crippen molar-refractivity contribution < 1.29 is 4.79 Å². The molecule has 1 unspecified atom stereocenters. The van der Waals surface area contributed by atoms with Gasteiger partial charge < -0.3 is 10.6 Å². The monoisotopic (exact) mass is 378 g/mol. The molecule has 2 aromatic carbocycles. The maximum atomic E-state index is 11.9. The Hall–Kier alpha value is -2.13. The Balaban J connectivity index is 2.27. The van der Waals surface area contributed by atoms with Crippen LogP contribution in [0.15, 0.2) is 42.5 Å². The van der Waals surface area contributed by atoms with Crippen molar-refractivity contribution in [3.63, 3.8) is 0 Å². The van der Waals surface area contributed by atoms with Gasteiger partial charge in [0.2, 0.25) is 5.91 Å². The van der Waals surface area contributed by atoms with Crippen molar-refractivity contribution in [2.75, 3.05) is 13.6 Å². The number of carbonyl (C=O) groups is 1. The van der Waals surface area contributed by atoms with Gasteiger partial charge in [-0.1, -0.05) is 51.1 Å². The second-order valence-corrected chi connectivity index (χ2v) is 8.89. The van der Waals surface area contributed by atoms with E-state index in [-0.39, 0.29) is 16.7 Å². The second kappa shape index (κ2) is 7.36. The van der Waals surface area contributed by atoms with Gasteiger partial charge >= 0.3 is 0 Å². The zero-order chi connectivity index (χ0) is 20.7. The van der Waals surface area contributed by atoms with E-state index in [1.807, 2.05) is 18.2 Å². The molecule has 150 valence electrons. The maximum Gasteiger partial charge on any atom is 0.248 e. The summed E-state index contributed by atoms with van der Waals surface area (Å²) < 4.78 is 0. The summed E-state index contributed by atoms with van der Waals surface area (Å²) in [5.41, 5.74) is 11.3. The summed E-state index contributed by atoms with van der Waals surface area (Å²) in [5, 5.41) is 0. The van der Waals surface area contributed by atoms with Gasteiger partial charge in [0.05, 0.1) is 0 Å². The third-order valence-corrected chi connectivity index (χ3v) is 7.66. The Morgan fingerprint density at radius 1 is 1.21 bits per heavy atom. The number of aryl methyl sites for hydroxylation is 2. The number of hydrogen-bond donors (Lipinski definition) is 1. The molecular weight excluding hydrogens is 344 g/mol. The van der Waals surface area contributed by atoms with Crippen molar-refractivity contribution in [3.05, 3.63) is 70.3 Å². The van der Waals surface area contributed by atoms with Crippen LogP contribution in [0.25, 0.3) is 0 Å². The second-order valence-electron chi connectivity index (χ2n) is 8.89. The maximum absolute atomic E-state index is 11.9. The van der Waals surface area contributed by atoms with E-state index in [1.165, 1.54) is 22.3 Å². The summed E-state index contributed by atoms with van der Waals surface area (Å²) in [5.74, 6) is -0.367. The van der Waals surface area contributed by atoms with Crippen LogP contribution in [-0.4, -0.2) is 30.4 Å². The smallest absolute Gasteiger partial charge is 0.248 e. The summed E-state index contributed by atoms with van der Waals surface area (Å²) in [6.07, 6.45) is 2.10. The van der Waals surface area contributed by atoms with E-state index in [9.17, 15) is 4.79 Å². The number of likely N-dealkylation sites (tertiary alicyclic amines) is 1. The molecule has 1 aliphatic rings. The number of carbonyl (C=O) groups excluding carboxylic acids is 1. The first-order valence-corrected chi connectivity index (χ1v) is 10.4. The number of nitrogens with zero attached hydrogens (tertiary/aromatic N) is 1.